The zero-order chi connectivity index (χ0) is 13.1. The molecule has 0 bridgehead atoms. The summed E-state index contributed by atoms with van der Waals surface area (Å²) in [7, 11) is 0. The molecular weight excluding hydrogens is 275 g/mol. The fourth-order valence-corrected chi connectivity index (χ4v) is 2.52. The first-order valence-corrected chi connectivity index (χ1v) is 6.13. The highest BCUT2D eigenvalue weighted by molar-refractivity contribution is 6.35. The van der Waals surface area contributed by atoms with Crippen LogP contribution in [-0.4, -0.2) is 19.0 Å². The predicted octanol–water partition coefficient (Wildman–Crippen LogP) is 3.66. The van der Waals surface area contributed by atoms with Crippen LogP contribution >= 0.6 is 23.2 Å². The van der Waals surface area contributed by atoms with Gasteiger partial charge in [-0.25, -0.2) is 0 Å². The first-order chi connectivity index (χ1) is 8.60. The van der Waals surface area contributed by atoms with Crippen molar-refractivity contribution in [2.45, 2.75) is 6.42 Å². The van der Waals surface area contributed by atoms with Gasteiger partial charge in [0.1, 0.15) is 0 Å². The van der Waals surface area contributed by atoms with E-state index in [2.05, 4.69) is 10.0 Å². The Balaban J connectivity index is 2.18. The Morgan fingerprint density at radius 2 is 2.06 bits per heavy atom. The van der Waals surface area contributed by atoms with Crippen LogP contribution in [0.4, 0.5) is 5.69 Å². The maximum atomic E-state index is 11.9. The number of carbonyl (C=O) groups is 1. The minimum atomic E-state index is -0.00790. The molecule has 1 heterocycles. The second-order valence-corrected chi connectivity index (χ2v) is 4.99. The van der Waals surface area contributed by atoms with Crippen molar-refractivity contribution in [3.05, 3.63) is 38.7 Å². The molecule has 2 rings (SSSR count). The second kappa shape index (κ2) is 5.48. The Hall–Kier alpha value is -1.42. The van der Waals surface area contributed by atoms with Gasteiger partial charge in [-0.15, -0.1) is 0 Å². The Labute approximate surface area is 114 Å². The predicted molar refractivity (Wildman–Crippen MR) is 70.9 cm³/mol. The molecular formula is C11H10Cl2N4O. The van der Waals surface area contributed by atoms with Crippen molar-refractivity contribution >= 4 is 34.8 Å². The smallest absolute Gasteiger partial charge is 0.227 e. The zero-order valence-electron chi connectivity index (χ0n) is 9.38. The average Bonchev–Trinajstić information content (AvgIpc) is 2.66. The second-order valence-electron chi connectivity index (χ2n) is 4.12. The molecule has 5 nitrogen and oxygen atoms in total. The number of azide groups is 1. The van der Waals surface area contributed by atoms with Gasteiger partial charge in [0.05, 0.1) is 0 Å². The van der Waals surface area contributed by atoms with Crippen molar-refractivity contribution in [3.63, 3.8) is 0 Å². The van der Waals surface area contributed by atoms with Gasteiger partial charge in [0.25, 0.3) is 0 Å². The first-order valence-electron chi connectivity index (χ1n) is 5.37. The highest BCUT2D eigenvalue weighted by Gasteiger charge is 2.30. The summed E-state index contributed by atoms with van der Waals surface area (Å²) in [4.78, 5) is 16.2. The minimum Gasteiger partial charge on any atom is -0.312 e. The van der Waals surface area contributed by atoms with Crippen LogP contribution < -0.4 is 4.90 Å². The van der Waals surface area contributed by atoms with Crippen molar-refractivity contribution in [1.29, 1.82) is 0 Å². The Morgan fingerprint density at radius 1 is 1.39 bits per heavy atom. The molecule has 0 radical (unpaired) electrons. The summed E-state index contributed by atoms with van der Waals surface area (Å²) in [6, 6.07) is 5.01. The molecule has 1 fully saturated rings. The van der Waals surface area contributed by atoms with E-state index < -0.39 is 0 Å². The van der Waals surface area contributed by atoms with Crippen LogP contribution in [0.25, 0.3) is 10.4 Å². The normalized spacial score (nSPS) is 18.9. The Kier molecular flexibility index (Phi) is 3.97. The minimum absolute atomic E-state index is 0.00790. The number of nitrogens with zero attached hydrogens (tertiary/aromatic N) is 4. The molecule has 94 valence electrons. The van der Waals surface area contributed by atoms with Gasteiger partial charge in [-0.1, -0.05) is 28.3 Å². The lowest BCUT2D eigenvalue weighted by molar-refractivity contribution is -0.117. The molecule has 1 unspecified atom stereocenters. The summed E-state index contributed by atoms with van der Waals surface area (Å²) >= 11 is 11.8. The van der Waals surface area contributed by atoms with E-state index in [4.69, 9.17) is 28.7 Å². The van der Waals surface area contributed by atoms with E-state index in [0.29, 0.717) is 35.2 Å². The number of carbonyl (C=O) groups excluding carboxylic acids is 1. The van der Waals surface area contributed by atoms with Crippen molar-refractivity contribution in [3.8, 4) is 0 Å². The molecule has 1 saturated heterocycles. The van der Waals surface area contributed by atoms with Crippen LogP contribution in [0.1, 0.15) is 6.42 Å². The molecule has 18 heavy (non-hydrogen) atoms. The van der Waals surface area contributed by atoms with Crippen molar-refractivity contribution < 1.29 is 4.79 Å². The van der Waals surface area contributed by atoms with Gasteiger partial charge >= 0.3 is 0 Å². The van der Waals surface area contributed by atoms with E-state index in [1.807, 2.05) is 0 Å². The van der Waals surface area contributed by atoms with Crippen LogP contribution in [0.2, 0.25) is 10.0 Å². The molecule has 1 atom stereocenters. The van der Waals surface area contributed by atoms with E-state index in [1.54, 1.807) is 23.1 Å². The quantitative estimate of drug-likeness (QED) is 0.474. The van der Waals surface area contributed by atoms with Crippen molar-refractivity contribution in [1.82, 2.24) is 0 Å². The molecule has 7 heteroatoms. The lowest BCUT2D eigenvalue weighted by Gasteiger charge is -2.17. The third-order valence-corrected chi connectivity index (χ3v) is 3.20. The number of hydrogen-bond donors (Lipinski definition) is 0. The molecule has 0 spiro atoms. The number of halogens is 2. The van der Waals surface area contributed by atoms with E-state index in [9.17, 15) is 4.79 Å². The van der Waals surface area contributed by atoms with Crippen LogP contribution in [0, 0.1) is 5.92 Å². The monoisotopic (exact) mass is 284 g/mol. The van der Waals surface area contributed by atoms with E-state index in [1.165, 1.54) is 0 Å². The van der Waals surface area contributed by atoms with Crippen LogP contribution in [0.5, 0.6) is 0 Å². The molecule has 1 aromatic rings. The van der Waals surface area contributed by atoms with Gasteiger partial charge in [-0.2, -0.15) is 0 Å². The maximum Gasteiger partial charge on any atom is 0.227 e. The highest BCUT2D eigenvalue weighted by atomic mass is 35.5. The third kappa shape index (κ3) is 2.88. The van der Waals surface area contributed by atoms with Crippen LogP contribution in [-0.2, 0) is 4.79 Å². The zero-order valence-corrected chi connectivity index (χ0v) is 10.9. The number of rotatable bonds is 3. The fraction of sp³-hybridized carbons (Fsp3) is 0.364. The topological polar surface area (TPSA) is 69.1 Å². The number of amides is 1. The summed E-state index contributed by atoms with van der Waals surface area (Å²) in [5.41, 5.74) is 8.95. The Morgan fingerprint density at radius 3 is 2.67 bits per heavy atom. The lowest BCUT2D eigenvalue weighted by atomic mass is 10.1. The molecule has 0 saturated carbocycles. The van der Waals surface area contributed by atoms with Crippen LogP contribution in [0.15, 0.2) is 23.3 Å². The van der Waals surface area contributed by atoms with Gasteiger partial charge in [0.2, 0.25) is 5.91 Å². The summed E-state index contributed by atoms with van der Waals surface area (Å²) in [5.74, 6) is 0.0395. The van der Waals surface area contributed by atoms with Gasteiger partial charge in [0, 0.05) is 40.2 Å². The summed E-state index contributed by atoms with van der Waals surface area (Å²) in [6.07, 6.45) is 0.378. The molecule has 1 aromatic carbocycles. The third-order valence-electron chi connectivity index (χ3n) is 2.77. The van der Waals surface area contributed by atoms with Gasteiger partial charge < -0.3 is 4.90 Å². The molecule has 0 N–H and O–H groups in total. The van der Waals surface area contributed by atoms with Gasteiger partial charge in [-0.05, 0) is 29.6 Å². The van der Waals surface area contributed by atoms with Gasteiger partial charge in [0.15, 0.2) is 0 Å². The Bertz CT molecular complexity index is 508. The average molecular weight is 285 g/mol. The molecule has 0 aromatic heterocycles. The lowest BCUT2D eigenvalue weighted by Crippen LogP contribution is -2.24. The summed E-state index contributed by atoms with van der Waals surface area (Å²) in [6.45, 7) is 0.849. The largest absolute Gasteiger partial charge is 0.312 e. The SMILES string of the molecule is [N-]=[N+]=NCC1CC(=O)N(c2cc(Cl)cc(Cl)c2)C1. The number of hydrogen-bond acceptors (Lipinski definition) is 2. The van der Waals surface area contributed by atoms with E-state index in [-0.39, 0.29) is 11.8 Å². The fourth-order valence-electron chi connectivity index (χ4n) is 2.00. The summed E-state index contributed by atoms with van der Waals surface area (Å²) in [5, 5.41) is 4.48. The van der Waals surface area contributed by atoms with Crippen LogP contribution in [0.3, 0.4) is 0 Å². The standard InChI is InChI=1S/C11H10Cl2N4O/c12-8-2-9(13)4-10(3-8)17-6-7(1-11(17)18)5-15-16-14/h2-4,7H,1,5-6H2. The first kappa shape index (κ1) is 13.0. The molecule has 0 aliphatic carbocycles. The molecule has 1 aliphatic heterocycles. The number of benzene rings is 1. The summed E-state index contributed by atoms with van der Waals surface area (Å²) < 4.78 is 0. The van der Waals surface area contributed by atoms with Gasteiger partial charge in [-0.3, -0.25) is 4.79 Å². The maximum absolute atomic E-state index is 11.9. The molecule has 1 aliphatic rings. The highest BCUT2D eigenvalue weighted by Crippen LogP contribution is 2.30. The molecule has 1 amide bonds. The van der Waals surface area contributed by atoms with Crippen molar-refractivity contribution in [2.75, 3.05) is 18.0 Å². The number of anilines is 1. The van der Waals surface area contributed by atoms with E-state index >= 15 is 0 Å². The van der Waals surface area contributed by atoms with Crippen molar-refractivity contribution in [2.24, 2.45) is 11.0 Å². The van der Waals surface area contributed by atoms with E-state index in [0.717, 1.165) is 0 Å².